The van der Waals surface area contributed by atoms with E-state index in [0.29, 0.717) is 22.8 Å². The predicted molar refractivity (Wildman–Crippen MR) is 82.1 cm³/mol. The second-order valence-corrected chi connectivity index (χ2v) is 6.67. The summed E-state index contributed by atoms with van der Waals surface area (Å²) in [6.07, 6.45) is 1.70. The van der Waals surface area contributed by atoms with Crippen molar-refractivity contribution in [1.29, 1.82) is 0 Å². The fourth-order valence-corrected chi connectivity index (χ4v) is 2.72. The van der Waals surface area contributed by atoms with Crippen LogP contribution >= 0.6 is 11.8 Å². The highest BCUT2D eigenvalue weighted by Crippen LogP contribution is 2.19. The average Bonchev–Trinajstić information content (AvgIpc) is 2.37. The van der Waals surface area contributed by atoms with E-state index in [1.165, 1.54) is 22.2 Å². The molecule has 0 amide bonds. The third-order valence-corrected chi connectivity index (χ3v) is 3.91. The van der Waals surface area contributed by atoms with Crippen molar-refractivity contribution in [2.45, 2.75) is 26.5 Å². The maximum atomic E-state index is 11.9. The number of hydrogen-bond donors (Lipinski definition) is 0. The Balaban J connectivity index is 2.08. The molecule has 0 saturated heterocycles. The van der Waals surface area contributed by atoms with Crippen molar-refractivity contribution in [3.8, 4) is 0 Å². The van der Waals surface area contributed by atoms with E-state index in [9.17, 15) is 9.59 Å². The van der Waals surface area contributed by atoms with Crippen LogP contribution in [0.5, 0.6) is 0 Å². The zero-order valence-corrected chi connectivity index (χ0v) is 12.7. The molecule has 0 fully saturated rings. The van der Waals surface area contributed by atoms with E-state index >= 15 is 0 Å². The third kappa shape index (κ3) is 3.48. The van der Waals surface area contributed by atoms with Crippen LogP contribution in [0.15, 0.2) is 35.3 Å². The number of aromatic nitrogens is 2. The summed E-state index contributed by atoms with van der Waals surface area (Å²) >= 11 is 1.50. The van der Waals surface area contributed by atoms with Gasteiger partial charge in [-0.15, -0.1) is 11.8 Å². The molecule has 0 spiro atoms. The van der Waals surface area contributed by atoms with E-state index < -0.39 is 0 Å². The summed E-state index contributed by atoms with van der Waals surface area (Å²) in [5, 5.41) is 0. The summed E-state index contributed by atoms with van der Waals surface area (Å²) < 4.78 is 1.51. The molecule has 0 aromatic carbocycles. The van der Waals surface area contributed by atoms with Crippen molar-refractivity contribution in [3.63, 3.8) is 0 Å². The zero-order valence-electron chi connectivity index (χ0n) is 11.9. The molecule has 2 rings (SSSR count). The fourth-order valence-electron chi connectivity index (χ4n) is 1.64. The molecule has 0 N–H and O–H groups in total. The number of pyridine rings is 1. The number of thioether (sulfide) groups is 1. The van der Waals surface area contributed by atoms with Gasteiger partial charge in [0.05, 0.1) is 11.4 Å². The largest absolute Gasteiger partial charge is 0.298 e. The molecule has 2 heterocycles. The Bertz CT molecular complexity index is 686. The van der Waals surface area contributed by atoms with Gasteiger partial charge in [0.25, 0.3) is 5.56 Å². The molecule has 20 heavy (non-hydrogen) atoms. The molecule has 0 atom stereocenters. The van der Waals surface area contributed by atoms with Gasteiger partial charge in [0.2, 0.25) is 0 Å². The first-order valence-electron chi connectivity index (χ1n) is 6.46. The molecular weight excluding hydrogens is 272 g/mol. The SMILES string of the molecule is CC(C)(C)C(=O)CSCc1cc(=O)n2ccccc2n1. The quantitative estimate of drug-likeness (QED) is 0.868. The van der Waals surface area contributed by atoms with Gasteiger partial charge in [-0.1, -0.05) is 26.8 Å². The Kier molecular flexibility index (Phi) is 4.28. The van der Waals surface area contributed by atoms with Crippen LogP contribution in [-0.2, 0) is 10.5 Å². The summed E-state index contributed by atoms with van der Waals surface area (Å²) in [7, 11) is 0. The number of hydrogen-bond acceptors (Lipinski definition) is 4. The summed E-state index contributed by atoms with van der Waals surface area (Å²) in [5.41, 5.74) is 0.947. The van der Waals surface area contributed by atoms with Crippen LogP contribution in [0, 0.1) is 5.41 Å². The van der Waals surface area contributed by atoms with Crippen LogP contribution < -0.4 is 5.56 Å². The van der Waals surface area contributed by atoms with E-state index in [1.54, 1.807) is 18.3 Å². The van der Waals surface area contributed by atoms with Gasteiger partial charge in [-0.25, -0.2) is 4.98 Å². The van der Waals surface area contributed by atoms with E-state index in [0.717, 1.165) is 0 Å². The number of carbonyl (C=O) groups excluding carboxylic acids is 1. The van der Waals surface area contributed by atoms with E-state index in [2.05, 4.69) is 4.98 Å². The van der Waals surface area contributed by atoms with Crippen molar-refractivity contribution < 1.29 is 4.79 Å². The fraction of sp³-hybridized carbons (Fsp3) is 0.400. The van der Waals surface area contributed by atoms with Crippen LogP contribution in [0.25, 0.3) is 5.65 Å². The van der Waals surface area contributed by atoms with Crippen molar-refractivity contribution in [3.05, 3.63) is 46.5 Å². The predicted octanol–water partition coefficient (Wildman–Crippen LogP) is 2.54. The molecule has 106 valence electrons. The average molecular weight is 290 g/mol. The van der Waals surface area contributed by atoms with Gasteiger partial charge in [-0.2, -0.15) is 0 Å². The highest BCUT2D eigenvalue weighted by atomic mass is 32.2. The Morgan fingerprint density at radius 3 is 2.80 bits per heavy atom. The molecule has 0 unspecified atom stereocenters. The Labute approximate surface area is 122 Å². The Hall–Kier alpha value is -1.62. The monoisotopic (exact) mass is 290 g/mol. The molecule has 0 saturated carbocycles. The lowest BCUT2D eigenvalue weighted by Crippen LogP contribution is -2.22. The van der Waals surface area contributed by atoms with Crippen LogP contribution in [0.4, 0.5) is 0 Å². The van der Waals surface area contributed by atoms with Crippen molar-refractivity contribution >= 4 is 23.2 Å². The maximum Gasteiger partial charge on any atom is 0.258 e. The first-order chi connectivity index (χ1) is 9.38. The maximum absolute atomic E-state index is 11.9. The topological polar surface area (TPSA) is 51.4 Å². The van der Waals surface area contributed by atoms with Crippen LogP contribution in [0.3, 0.4) is 0 Å². The minimum atomic E-state index is -0.316. The minimum absolute atomic E-state index is 0.0895. The van der Waals surface area contributed by atoms with Gasteiger partial charge in [0.1, 0.15) is 11.4 Å². The summed E-state index contributed by atoms with van der Waals surface area (Å²) in [5.74, 6) is 1.22. The Morgan fingerprint density at radius 1 is 1.35 bits per heavy atom. The molecule has 2 aromatic rings. The highest BCUT2D eigenvalue weighted by molar-refractivity contribution is 7.99. The number of nitrogens with zero attached hydrogens (tertiary/aromatic N) is 2. The molecule has 4 nitrogen and oxygen atoms in total. The van der Waals surface area contributed by atoms with E-state index in [4.69, 9.17) is 0 Å². The number of fused-ring (bicyclic) bond motifs is 1. The molecule has 2 aromatic heterocycles. The number of rotatable bonds is 4. The van der Waals surface area contributed by atoms with Gasteiger partial charge in [0.15, 0.2) is 0 Å². The minimum Gasteiger partial charge on any atom is -0.298 e. The first-order valence-corrected chi connectivity index (χ1v) is 7.62. The molecule has 0 aliphatic heterocycles. The molecule has 0 bridgehead atoms. The lowest BCUT2D eigenvalue weighted by molar-refractivity contribution is -0.123. The van der Waals surface area contributed by atoms with E-state index in [-0.39, 0.29) is 16.8 Å². The van der Waals surface area contributed by atoms with Crippen molar-refractivity contribution in [2.75, 3.05) is 5.75 Å². The van der Waals surface area contributed by atoms with Crippen molar-refractivity contribution in [1.82, 2.24) is 9.38 Å². The van der Waals surface area contributed by atoms with Gasteiger partial charge in [-0.3, -0.25) is 14.0 Å². The van der Waals surface area contributed by atoms with Gasteiger partial charge in [-0.05, 0) is 12.1 Å². The number of carbonyl (C=O) groups is 1. The van der Waals surface area contributed by atoms with Crippen LogP contribution in [0.1, 0.15) is 26.5 Å². The lowest BCUT2D eigenvalue weighted by Gasteiger charge is -2.15. The van der Waals surface area contributed by atoms with Gasteiger partial charge < -0.3 is 0 Å². The van der Waals surface area contributed by atoms with Gasteiger partial charge in [0, 0.05) is 23.4 Å². The van der Waals surface area contributed by atoms with Crippen LogP contribution in [0.2, 0.25) is 0 Å². The standard InChI is InChI=1S/C15H18N2O2S/c1-15(2,3)12(18)10-20-9-11-8-14(19)17-7-5-4-6-13(17)16-11/h4-8H,9-10H2,1-3H3. The normalized spacial score (nSPS) is 11.8. The summed E-state index contributed by atoms with van der Waals surface area (Å²) in [6, 6.07) is 6.98. The third-order valence-electron chi connectivity index (χ3n) is 2.94. The summed E-state index contributed by atoms with van der Waals surface area (Å²) in [4.78, 5) is 28.2. The molecule has 0 radical (unpaired) electrons. The summed E-state index contributed by atoms with van der Waals surface area (Å²) in [6.45, 7) is 5.74. The number of Topliss-reactive ketones (excluding diaryl/α,β-unsaturated/α-hetero) is 1. The second-order valence-electron chi connectivity index (χ2n) is 5.68. The molecule has 5 heteroatoms. The molecule has 0 aliphatic carbocycles. The van der Waals surface area contributed by atoms with Crippen molar-refractivity contribution in [2.24, 2.45) is 5.41 Å². The number of ketones is 1. The van der Waals surface area contributed by atoms with Crippen LogP contribution in [-0.4, -0.2) is 20.9 Å². The highest BCUT2D eigenvalue weighted by Gasteiger charge is 2.20. The van der Waals surface area contributed by atoms with Gasteiger partial charge >= 0.3 is 0 Å². The zero-order chi connectivity index (χ0) is 14.8. The molecule has 0 aliphatic rings. The smallest absolute Gasteiger partial charge is 0.258 e. The lowest BCUT2D eigenvalue weighted by atomic mass is 9.92. The Morgan fingerprint density at radius 2 is 2.10 bits per heavy atom. The molecular formula is C15H18N2O2S. The second kappa shape index (κ2) is 5.79. The first kappa shape index (κ1) is 14.8. The van der Waals surface area contributed by atoms with E-state index in [1.807, 2.05) is 26.8 Å².